The predicted molar refractivity (Wildman–Crippen MR) is 155 cm³/mol. The molecule has 0 saturated carbocycles. The number of halogens is 3. The summed E-state index contributed by atoms with van der Waals surface area (Å²) in [5, 5.41) is 43.6. The number of aliphatic hydroxyl groups is 2. The maximum atomic E-state index is 13.6. The lowest BCUT2D eigenvalue weighted by Crippen LogP contribution is -2.49. The molecule has 3 aromatic rings. The molecule has 3 N–H and O–H groups in total. The van der Waals surface area contributed by atoms with Crippen molar-refractivity contribution in [2.24, 2.45) is 0 Å². The normalized spacial score (nSPS) is 14.6. The molecule has 1 aliphatic rings. The van der Waals surface area contributed by atoms with Gasteiger partial charge in [-0.05, 0) is 48.4 Å². The van der Waals surface area contributed by atoms with Crippen LogP contribution in [0.15, 0.2) is 58.5 Å². The van der Waals surface area contributed by atoms with Crippen LogP contribution in [0.2, 0.25) is 0 Å². The summed E-state index contributed by atoms with van der Waals surface area (Å²) in [5.74, 6) is -0.856. The van der Waals surface area contributed by atoms with E-state index in [4.69, 9.17) is 14.6 Å². The molecule has 0 saturated heterocycles. The van der Waals surface area contributed by atoms with E-state index in [1.807, 2.05) is 7.05 Å². The van der Waals surface area contributed by atoms with Crippen LogP contribution in [0.3, 0.4) is 0 Å². The van der Waals surface area contributed by atoms with E-state index in [2.05, 4.69) is 16.3 Å². The largest absolute Gasteiger partial charge is 0.554 e. The van der Waals surface area contributed by atoms with E-state index >= 15 is 0 Å². The number of nitriles is 1. The molecule has 246 valence electrons. The minimum atomic E-state index is -4.64. The number of carbonyl (C=O) groups excluding carboxylic acids is 2. The van der Waals surface area contributed by atoms with Crippen LogP contribution in [0, 0.1) is 11.3 Å². The van der Waals surface area contributed by atoms with E-state index in [0.29, 0.717) is 47.2 Å². The highest BCUT2D eigenvalue weighted by atomic mass is 19.4. The molecule has 0 amide bonds. The smallest absolute Gasteiger partial charge is 0.416 e. The molecule has 46 heavy (non-hydrogen) atoms. The molecule has 2 heterocycles. The number of aliphatic hydroxyl groups excluding tert-OH is 2. The maximum Gasteiger partial charge on any atom is 0.416 e. The summed E-state index contributed by atoms with van der Waals surface area (Å²) in [7, 11) is 3.03. The Morgan fingerprint density at radius 3 is 2.41 bits per heavy atom. The van der Waals surface area contributed by atoms with Gasteiger partial charge in [-0.25, -0.2) is 19.3 Å². The number of quaternary nitrogens is 1. The van der Waals surface area contributed by atoms with Crippen LogP contribution in [-0.4, -0.2) is 88.9 Å². The lowest BCUT2D eigenvalue weighted by molar-refractivity contribution is -0.909. The number of methoxy groups -OCH3 is 1. The Morgan fingerprint density at radius 1 is 1.20 bits per heavy atom. The molecule has 0 spiro atoms. The molecule has 13 nitrogen and oxygen atoms in total. The number of nitrogens with one attached hydrogen (secondary N) is 1. The van der Waals surface area contributed by atoms with Gasteiger partial charge in [-0.15, -0.1) is 5.10 Å². The first-order valence-electron chi connectivity index (χ1n) is 13.9. The first-order valence-corrected chi connectivity index (χ1v) is 13.9. The Morgan fingerprint density at radius 2 is 1.85 bits per heavy atom. The zero-order valence-corrected chi connectivity index (χ0v) is 25.2. The van der Waals surface area contributed by atoms with E-state index in [1.54, 1.807) is 18.2 Å². The molecule has 1 atom stereocenters. The zero-order chi connectivity index (χ0) is 34.2. The number of rotatable bonds is 10. The van der Waals surface area contributed by atoms with Crippen molar-refractivity contribution < 1.29 is 47.3 Å². The molecule has 1 aliphatic heterocycles. The van der Waals surface area contributed by atoms with Crippen LogP contribution >= 0.6 is 0 Å². The molecular weight excluding hydrogens is 613 g/mol. The van der Waals surface area contributed by atoms with Crippen LogP contribution in [-0.2, 0) is 26.9 Å². The first-order chi connectivity index (χ1) is 21.8. The average molecular weight is 647 g/mol. The Hall–Kier alpha value is -4.98. The molecule has 0 fully saturated rings. The van der Waals surface area contributed by atoms with Crippen LogP contribution in [0.25, 0.3) is 0 Å². The van der Waals surface area contributed by atoms with Crippen LogP contribution in [0.1, 0.15) is 35.2 Å². The van der Waals surface area contributed by atoms with Gasteiger partial charge in [0.1, 0.15) is 19.1 Å². The highest BCUT2D eigenvalue weighted by molar-refractivity contribution is 5.93. The van der Waals surface area contributed by atoms with E-state index in [1.165, 1.54) is 28.5 Å². The third-order valence-corrected chi connectivity index (χ3v) is 7.75. The summed E-state index contributed by atoms with van der Waals surface area (Å²) in [6, 6.07) is 10.2. The number of fused-ring (bicyclic) bond motifs is 1. The quantitative estimate of drug-likeness (QED) is 0.163. The van der Waals surface area contributed by atoms with Crippen molar-refractivity contribution >= 4 is 24.1 Å². The van der Waals surface area contributed by atoms with Gasteiger partial charge in [0.25, 0.3) is 0 Å². The number of benzene rings is 2. The van der Waals surface area contributed by atoms with Gasteiger partial charge in [-0.2, -0.15) is 18.4 Å². The number of likely N-dealkylation sites (N-methyl/N-ethyl adjacent to an activating group) is 1. The van der Waals surface area contributed by atoms with E-state index in [-0.39, 0.29) is 36.1 Å². The van der Waals surface area contributed by atoms with Crippen LogP contribution in [0.4, 0.5) is 24.8 Å². The molecular formula is C30H33F3N6O7. The molecule has 4 rings (SSSR count). The summed E-state index contributed by atoms with van der Waals surface area (Å²) >= 11 is 0. The number of alkyl halides is 3. The number of carbonyl (C=O) groups is 2. The molecule has 0 bridgehead atoms. The van der Waals surface area contributed by atoms with Crippen molar-refractivity contribution in [3.63, 3.8) is 0 Å². The van der Waals surface area contributed by atoms with Gasteiger partial charge in [-0.1, -0.05) is 12.1 Å². The number of nitrogens with zero attached hydrogens (tertiary/aromatic N) is 5. The number of ether oxygens (including phenoxy) is 1. The number of hydrogen-bond donors (Lipinski definition) is 3. The lowest BCUT2D eigenvalue weighted by Gasteiger charge is -2.37. The molecule has 1 aromatic heterocycles. The predicted octanol–water partition coefficient (Wildman–Crippen LogP) is 0.990. The minimum absolute atomic E-state index is 0.00941. The van der Waals surface area contributed by atoms with Gasteiger partial charge in [0.15, 0.2) is 0 Å². The topological polar surface area (TPSA) is 185 Å². The number of allylic oxidation sites excluding steroid dienone is 1. The number of aromatic nitrogens is 3. The van der Waals surface area contributed by atoms with Gasteiger partial charge in [0.05, 0.1) is 56.7 Å². The number of carboxylic acid groups (broad SMARTS) is 1. The molecule has 0 unspecified atom stereocenters. The number of anilines is 2. The second-order valence-corrected chi connectivity index (χ2v) is 10.6. The highest BCUT2D eigenvalue weighted by Gasteiger charge is 2.41. The number of esters is 1. The summed E-state index contributed by atoms with van der Waals surface area (Å²) in [6.07, 6.45) is -4.30. The van der Waals surface area contributed by atoms with Crippen LogP contribution < -0.4 is 15.7 Å². The van der Waals surface area contributed by atoms with E-state index < -0.39 is 35.9 Å². The van der Waals surface area contributed by atoms with Gasteiger partial charge in [0, 0.05) is 24.3 Å². The van der Waals surface area contributed by atoms with Crippen molar-refractivity contribution in [1.82, 2.24) is 14.8 Å². The monoisotopic (exact) mass is 646 g/mol. The van der Waals surface area contributed by atoms with Crippen molar-refractivity contribution in [2.75, 3.05) is 51.9 Å². The summed E-state index contributed by atoms with van der Waals surface area (Å²) in [6.45, 7) is 1.97. The summed E-state index contributed by atoms with van der Waals surface area (Å²) < 4.78 is 47.4. The Bertz CT molecular complexity index is 1690. The Labute approximate surface area is 261 Å². The molecule has 16 heteroatoms. The number of H-pyrrole nitrogens is 1. The second kappa shape index (κ2) is 14.9. The van der Waals surface area contributed by atoms with Gasteiger partial charge < -0.3 is 29.3 Å². The summed E-state index contributed by atoms with van der Waals surface area (Å²) in [5.41, 5.74) is -0.0132. The standard InChI is InChI=1S/C29H31F3N6O5.CH2O2/c1-18-24(26(41)43-3)25(23-8-7-19(17-33)15-20(23)9-10-38(2,11-13-39)12-14-40)37-27(34-35-28(37)42)36(18)22-6-4-5-21(16-22)29(30,31)32;2-1-3/h4-8,15-16,25,39-40H,9-14H2,1-3H3;1H,(H,2,3)/t25-;/m1./s1. The van der Waals surface area contributed by atoms with E-state index in [0.717, 1.165) is 19.2 Å². The van der Waals surface area contributed by atoms with Crippen molar-refractivity contribution in [3.05, 3.63) is 86.5 Å². The summed E-state index contributed by atoms with van der Waals surface area (Å²) in [4.78, 5) is 36.2. The maximum absolute atomic E-state index is 13.6. The Balaban J connectivity index is 0.00000185. The van der Waals surface area contributed by atoms with Gasteiger partial charge >= 0.3 is 17.8 Å². The minimum Gasteiger partial charge on any atom is -0.554 e. The average Bonchev–Trinajstić information content (AvgIpc) is 3.39. The molecule has 2 aromatic carbocycles. The fraction of sp³-hybridized carbons (Fsp3) is 0.367. The fourth-order valence-electron chi connectivity index (χ4n) is 5.45. The molecule has 0 radical (unpaired) electrons. The van der Waals surface area contributed by atoms with Gasteiger partial charge in [0.2, 0.25) is 5.95 Å². The van der Waals surface area contributed by atoms with Gasteiger partial charge in [-0.3, -0.25) is 4.90 Å². The Kier molecular flexibility index (Phi) is 11.5. The number of hydrogen-bond acceptors (Lipinski definition) is 10. The highest BCUT2D eigenvalue weighted by Crippen LogP contribution is 2.43. The molecule has 0 aliphatic carbocycles. The fourth-order valence-corrected chi connectivity index (χ4v) is 5.45. The second-order valence-electron chi connectivity index (χ2n) is 10.6. The number of aromatic amines is 1. The lowest BCUT2D eigenvalue weighted by atomic mass is 9.89. The van der Waals surface area contributed by atoms with Crippen LogP contribution in [0.5, 0.6) is 0 Å². The van der Waals surface area contributed by atoms with Crippen molar-refractivity contribution in [3.8, 4) is 6.07 Å². The third-order valence-electron chi connectivity index (χ3n) is 7.75. The first kappa shape index (κ1) is 35.5. The van der Waals surface area contributed by atoms with Crippen molar-refractivity contribution in [2.45, 2.75) is 25.6 Å². The SMILES string of the molecule is COC(=O)C1=C(C)N(c2cccc(C(F)(F)F)c2)c2n[nH]c(=O)n2[C@@H]1c1ccc(C#N)cc1CC[N+](C)(CCO)CCO.O=C[O-]. The van der Waals surface area contributed by atoms with E-state index in [9.17, 15) is 38.2 Å². The van der Waals surface area contributed by atoms with Crippen molar-refractivity contribution in [1.29, 1.82) is 5.26 Å². The third kappa shape index (κ3) is 7.45. The zero-order valence-electron chi connectivity index (χ0n) is 25.2.